The molecule has 1 atom stereocenters. The summed E-state index contributed by atoms with van der Waals surface area (Å²) in [5.41, 5.74) is 0. The molecule has 16 heavy (non-hydrogen) atoms. The van der Waals surface area contributed by atoms with Crippen LogP contribution in [0, 0.1) is 5.92 Å². The number of sulfone groups is 1. The Morgan fingerprint density at radius 3 is 2.56 bits per heavy atom. The van der Waals surface area contributed by atoms with E-state index in [-0.39, 0.29) is 11.7 Å². The molecular weight excluding hydrogens is 308 g/mol. The summed E-state index contributed by atoms with van der Waals surface area (Å²) < 4.78 is 23.3. The molecular formula is C11H15BrO2S2. The van der Waals surface area contributed by atoms with Crippen molar-refractivity contribution in [3.05, 3.63) is 28.7 Å². The maximum absolute atomic E-state index is 11.1. The number of thioether (sulfide) groups is 1. The average Bonchev–Trinajstić information content (AvgIpc) is 2.14. The average molecular weight is 323 g/mol. The smallest absolute Gasteiger partial charge is 0.147 e. The van der Waals surface area contributed by atoms with Crippen molar-refractivity contribution in [2.45, 2.75) is 11.8 Å². The van der Waals surface area contributed by atoms with E-state index in [0.717, 1.165) is 15.1 Å². The van der Waals surface area contributed by atoms with Gasteiger partial charge in [-0.2, -0.15) is 0 Å². The van der Waals surface area contributed by atoms with Gasteiger partial charge in [0.25, 0.3) is 0 Å². The molecule has 1 aromatic carbocycles. The molecule has 0 saturated heterocycles. The van der Waals surface area contributed by atoms with E-state index in [1.807, 2.05) is 31.2 Å². The minimum Gasteiger partial charge on any atom is -0.229 e. The third-order valence-electron chi connectivity index (χ3n) is 1.95. The van der Waals surface area contributed by atoms with Crippen LogP contribution >= 0.6 is 27.7 Å². The normalized spacial score (nSPS) is 13.7. The van der Waals surface area contributed by atoms with E-state index >= 15 is 0 Å². The highest BCUT2D eigenvalue weighted by atomic mass is 79.9. The molecule has 0 fully saturated rings. The van der Waals surface area contributed by atoms with Crippen LogP contribution in [0.15, 0.2) is 33.6 Å². The van der Waals surface area contributed by atoms with Crippen LogP contribution in [0.1, 0.15) is 6.92 Å². The maximum Gasteiger partial charge on any atom is 0.147 e. The van der Waals surface area contributed by atoms with Gasteiger partial charge in [-0.15, -0.1) is 11.8 Å². The molecule has 2 nitrogen and oxygen atoms in total. The predicted molar refractivity (Wildman–Crippen MR) is 73.7 cm³/mol. The number of halogens is 1. The number of hydrogen-bond donors (Lipinski definition) is 0. The zero-order valence-corrected chi connectivity index (χ0v) is 12.5. The standard InChI is InChI=1S/C11H15BrO2S2/c1-9(8-16(2,13)14)7-15-11-6-4-3-5-10(11)12/h3-6,9H,7-8H2,1-2H3/t9-/m0/s1. The summed E-state index contributed by atoms with van der Waals surface area (Å²) in [6.45, 7) is 1.96. The molecule has 0 spiro atoms. The summed E-state index contributed by atoms with van der Waals surface area (Å²) in [6, 6.07) is 7.97. The fraction of sp³-hybridized carbons (Fsp3) is 0.455. The van der Waals surface area contributed by atoms with Crippen LogP contribution in [-0.4, -0.2) is 26.2 Å². The van der Waals surface area contributed by atoms with Gasteiger partial charge in [0.2, 0.25) is 0 Å². The van der Waals surface area contributed by atoms with Crippen LogP contribution in [0.3, 0.4) is 0 Å². The highest BCUT2D eigenvalue weighted by Crippen LogP contribution is 2.28. The molecule has 0 aliphatic rings. The lowest BCUT2D eigenvalue weighted by atomic mass is 10.3. The van der Waals surface area contributed by atoms with Crippen molar-refractivity contribution in [2.24, 2.45) is 5.92 Å². The van der Waals surface area contributed by atoms with Crippen molar-refractivity contribution in [3.8, 4) is 0 Å². The molecule has 0 amide bonds. The molecule has 0 saturated carbocycles. The summed E-state index contributed by atoms with van der Waals surface area (Å²) >= 11 is 5.15. The van der Waals surface area contributed by atoms with Crippen molar-refractivity contribution < 1.29 is 8.42 Å². The molecule has 0 radical (unpaired) electrons. The largest absolute Gasteiger partial charge is 0.229 e. The van der Waals surface area contributed by atoms with Crippen LogP contribution < -0.4 is 0 Å². The topological polar surface area (TPSA) is 34.1 Å². The van der Waals surface area contributed by atoms with E-state index in [1.54, 1.807) is 11.8 Å². The Morgan fingerprint density at radius 2 is 2.00 bits per heavy atom. The van der Waals surface area contributed by atoms with Crippen LogP contribution in [0.25, 0.3) is 0 Å². The van der Waals surface area contributed by atoms with E-state index in [9.17, 15) is 8.42 Å². The lowest BCUT2D eigenvalue weighted by molar-refractivity contribution is 0.589. The molecule has 0 bridgehead atoms. The van der Waals surface area contributed by atoms with Gasteiger partial charge >= 0.3 is 0 Å². The fourth-order valence-corrected chi connectivity index (χ4v) is 4.25. The first-order valence-electron chi connectivity index (χ1n) is 4.93. The minimum absolute atomic E-state index is 0.173. The lowest BCUT2D eigenvalue weighted by Crippen LogP contribution is -2.13. The number of benzene rings is 1. The van der Waals surface area contributed by atoms with Gasteiger partial charge in [-0.05, 0) is 34.0 Å². The Bertz CT molecular complexity index is 443. The van der Waals surface area contributed by atoms with E-state index in [1.165, 1.54) is 6.26 Å². The third-order valence-corrected chi connectivity index (χ3v) is 5.48. The minimum atomic E-state index is -2.86. The first-order valence-corrected chi connectivity index (χ1v) is 8.77. The summed E-state index contributed by atoms with van der Waals surface area (Å²) in [5, 5.41) is 0. The van der Waals surface area contributed by atoms with Crippen molar-refractivity contribution in [2.75, 3.05) is 17.8 Å². The van der Waals surface area contributed by atoms with Crippen LogP contribution in [0.5, 0.6) is 0 Å². The molecule has 1 rings (SSSR count). The first-order chi connectivity index (χ1) is 7.38. The van der Waals surface area contributed by atoms with Crippen molar-refractivity contribution in [1.29, 1.82) is 0 Å². The van der Waals surface area contributed by atoms with Gasteiger partial charge in [0.05, 0.1) is 5.75 Å². The van der Waals surface area contributed by atoms with Gasteiger partial charge in [0.1, 0.15) is 9.84 Å². The SMILES string of the molecule is C[C@@H](CSc1ccccc1Br)CS(C)(=O)=O. The molecule has 90 valence electrons. The second kappa shape index (κ2) is 6.07. The number of rotatable bonds is 5. The van der Waals surface area contributed by atoms with Gasteiger partial charge in [0.15, 0.2) is 0 Å². The Labute approximate surface area is 110 Å². The van der Waals surface area contributed by atoms with Gasteiger partial charge in [0, 0.05) is 21.4 Å². The zero-order chi connectivity index (χ0) is 12.2. The maximum atomic E-state index is 11.1. The second-order valence-electron chi connectivity index (χ2n) is 3.94. The third kappa shape index (κ3) is 5.37. The molecule has 0 aliphatic heterocycles. The molecule has 0 N–H and O–H groups in total. The van der Waals surface area contributed by atoms with Crippen LogP contribution in [0.2, 0.25) is 0 Å². The molecule has 0 unspecified atom stereocenters. The summed E-state index contributed by atoms with van der Waals surface area (Å²) in [6.07, 6.45) is 1.28. The molecule has 0 aromatic heterocycles. The molecule has 5 heteroatoms. The highest BCUT2D eigenvalue weighted by molar-refractivity contribution is 9.10. The Morgan fingerprint density at radius 1 is 1.38 bits per heavy atom. The lowest BCUT2D eigenvalue weighted by Gasteiger charge is -2.10. The summed E-state index contributed by atoms with van der Waals surface area (Å²) in [5.74, 6) is 1.24. The zero-order valence-electron chi connectivity index (χ0n) is 9.31. The second-order valence-corrected chi connectivity index (χ2v) is 8.04. The van der Waals surface area contributed by atoms with E-state index in [0.29, 0.717) is 0 Å². The molecule has 0 heterocycles. The van der Waals surface area contributed by atoms with Gasteiger partial charge in [-0.3, -0.25) is 0 Å². The monoisotopic (exact) mass is 322 g/mol. The van der Waals surface area contributed by atoms with Crippen molar-refractivity contribution in [3.63, 3.8) is 0 Å². The fourth-order valence-electron chi connectivity index (χ4n) is 1.36. The Hall–Kier alpha value is -0.000000000000000111. The van der Waals surface area contributed by atoms with Gasteiger partial charge in [-0.25, -0.2) is 8.42 Å². The highest BCUT2D eigenvalue weighted by Gasteiger charge is 2.11. The van der Waals surface area contributed by atoms with Crippen molar-refractivity contribution >= 4 is 37.5 Å². The first kappa shape index (κ1) is 14.1. The molecule has 1 aromatic rings. The van der Waals surface area contributed by atoms with E-state index in [2.05, 4.69) is 15.9 Å². The van der Waals surface area contributed by atoms with Crippen molar-refractivity contribution in [1.82, 2.24) is 0 Å². The van der Waals surface area contributed by atoms with Gasteiger partial charge < -0.3 is 0 Å². The van der Waals surface area contributed by atoms with Crippen LogP contribution in [-0.2, 0) is 9.84 Å². The van der Waals surface area contributed by atoms with E-state index in [4.69, 9.17) is 0 Å². The Balaban J connectivity index is 2.49. The summed E-state index contributed by atoms with van der Waals surface area (Å²) in [4.78, 5) is 1.16. The predicted octanol–water partition coefficient (Wildman–Crippen LogP) is 3.22. The summed E-state index contributed by atoms with van der Waals surface area (Å²) in [7, 11) is -2.86. The Kier molecular flexibility index (Phi) is 5.34. The molecule has 0 aliphatic carbocycles. The van der Waals surface area contributed by atoms with E-state index < -0.39 is 9.84 Å². The van der Waals surface area contributed by atoms with Gasteiger partial charge in [-0.1, -0.05) is 19.1 Å². The quantitative estimate of drug-likeness (QED) is 0.780. The van der Waals surface area contributed by atoms with Crippen LogP contribution in [0.4, 0.5) is 0 Å². The number of hydrogen-bond acceptors (Lipinski definition) is 3.